The van der Waals surface area contributed by atoms with Crippen LogP contribution in [0.5, 0.6) is 5.88 Å². The molecule has 0 aromatic carbocycles. The molecule has 9 heteroatoms. The largest absolute Gasteiger partial charge is 0.477 e. The van der Waals surface area contributed by atoms with E-state index >= 15 is 0 Å². The Morgan fingerprint density at radius 2 is 1.97 bits per heavy atom. The standard InChI is InChI=1S/C25H38N4O5/c1-15(2)14-34-22-19(13-26-29(22)7-6-24(3,4)28-23(31)33-5)21(30)27-20-17-8-16-9-18(20)12-25(32,10-16)11-17/h6-7,13,15-18,20,32H,8-12,14H2,1-5H3,(H,27,30)(H,28,31)/b7-6+/t16?,17?,18?,20-,25-. The van der Waals surface area contributed by atoms with E-state index in [2.05, 4.69) is 20.5 Å². The van der Waals surface area contributed by atoms with E-state index < -0.39 is 17.2 Å². The summed E-state index contributed by atoms with van der Waals surface area (Å²) in [4.78, 5) is 25.0. The molecule has 0 spiro atoms. The van der Waals surface area contributed by atoms with Gasteiger partial charge in [-0.2, -0.15) is 5.10 Å². The highest BCUT2D eigenvalue weighted by Crippen LogP contribution is 2.55. The maximum Gasteiger partial charge on any atom is 0.407 e. The molecule has 4 aliphatic carbocycles. The van der Waals surface area contributed by atoms with E-state index in [9.17, 15) is 14.7 Å². The molecule has 5 rings (SSSR count). The number of methoxy groups -OCH3 is 1. The molecular formula is C25H38N4O5. The molecule has 2 amide bonds. The Kier molecular flexibility index (Phi) is 6.68. The molecule has 9 nitrogen and oxygen atoms in total. The summed E-state index contributed by atoms with van der Waals surface area (Å²) >= 11 is 0. The van der Waals surface area contributed by atoms with Crippen LogP contribution < -0.4 is 15.4 Å². The van der Waals surface area contributed by atoms with Gasteiger partial charge in [-0.15, -0.1) is 0 Å². The first-order valence-corrected chi connectivity index (χ1v) is 12.3. The molecule has 0 aliphatic heterocycles. The van der Waals surface area contributed by atoms with Gasteiger partial charge in [-0.05, 0) is 75.7 Å². The molecule has 4 saturated carbocycles. The number of amides is 2. The van der Waals surface area contributed by atoms with Gasteiger partial charge in [0.15, 0.2) is 0 Å². The fourth-order valence-corrected chi connectivity index (χ4v) is 6.06. The number of rotatable bonds is 8. The summed E-state index contributed by atoms with van der Waals surface area (Å²) in [6.07, 6.45) is 9.04. The van der Waals surface area contributed by atoms with E-state index in [0.29, 0.717) is 35.8 Å². The first kappa shape index (κ1) is 24.6. The van der Waals surface area contributed by atoms with E-state index in [-0.39, 0.29) is 17.9 Å². The summed E-state index contributed by atoms with van der Waals surface area (Å²) in [5, 5.41) is 21.2. The Hall–Kier alpha value is -2.55. The number of hydrogen-bond acceptors (Lipinski definition) is 6. The van der Waals surface area contributed by atoms with Crippen molar-refractivity contribution in [2.24, 2.45) is 23.7 Å². The molecule has 34 heavy (non-hydrogen) atoms. The summed E-state index contributed by atoms with van der Waals surface area (Å²) in [6, 6.07) is 0.0735. The average molecular weight is 475 g/mol. The van der Waals surface area contributed by atoms with E-state index in [1.807, 2.05) is 27.7 Å². The molecule has 4 fully saturated rings. The van der Waals surface area contributed by atoms with Crippen LogP contribution >= 0.6 is 0 Å². The highest BCUT2D eigenvalue weighted by atomic mass is 16.5. The molecule has 1 heterocycles. The zero-order valence-corrected chi connectivity index (χ0v) is 20.8. The Labute approximate surface area is 201 Å². The Morgan fingerprint density at radius 3 is 2.56 bits per heavy atom. The van der Waals surface area contributed by atoms with E-state index in [4.69, 9.17) is 4.74 Å². The van der Waals surface area contributed by atoms with Crippen LogP contribution in [0.25, 0.3) is 6.20 Å². The minimum atomic E-state index is -0.697. The number of carbonyl (C=O) groups is 2. The lowest BCUT2D eigenvalue weighted by atomic mass is 9.52. The topological polar surface area (TPSA) is 115 Å². The number of nitrogens with zero attached hydrogens (tertiary/aromatic N) is 2. The third-order valence-electron chi connectivity index (χ3n) is 7.33. The van der Waals surface area contributed by atoms with Crippen molar-refractivity contribution in [1.82, 2.24) is 20.4 Å². The Morgan fingerprint density at radius 1 is 1.29 bits per heavy atom. The number of alkyl carbamates (subject to hydrolysis) is 1. The molecule has 0 radical (unpaired) electrons. The maximum absolute atomic E-state index is 13.4. The SMILES string of the molecule is COC(=O)NC(C)(C)/C=C/n1ncc(C(=O)N[C@H]2C3CC4CC2C[C@](O)(C4)C3)c1OCC(C)C. The average Bonchev–Trinajstić information content (AvgIpc) is 3.14. The van der Waals surface area contributed by atoms with Crippen molar-refractivity contribution in [3.63, 3.8) is 0 Å². The van der Waals surface area contributed by atoms with Gasteiger partial charge in [0, 0.05) is 12.2 Å². The van der Waals surface area contributed by atoms with Gasteiger partial charge in [0.2, 0.25) is 5.88 Å². The molecule has 2 unspecified atom stereocenters. The van der Waals surface area contributed by atoms with Gasteiger partial charge >= 0.3 is 6.09 Å². The Bertz CT molecular complexity index is 937. The fourth-order valence-electron chi connectivity index (χ4n) is 6.06. The molecule has 2 atom stereocenters. The van der Waals surface area contributed by atoms with Crippen molar-refractivity contribution >= 4 is 18.2 Å². The summed E-state index contributed by atoms with van der Waals surface area (Å²) < 4.78 is 12.2. The number of hydrogen-bond donors (Lipinski definition) is 3. The number of carbonyl (C=O) groups excluding carboxylic acids is 2. The van der Waals surface area contributed by atoms with Crippen LogP contribution in [0, 0.1) is 23.7 Å². The lowest BCUT2D eigenvalue weighted by Crippen LogP contribution is -2.61. The zero-order valence-electron chi connectivity index (χ0n) is 20.8. The van der Waals surface area contributed by atoms with Crippen LogP contribution in [0.2, 0.25) is 0 Å². The second-order valence-corrected chi connectivity index (χ2v) is 11.4. The first-order valence-electron chi connectivity index (χ1n) is 12.3. The monoisotopic (exact) mass is 474 g/mol. The summed E-state index contributed by atoms with van der Waals surface area (Å²) in [5.41, 5.74) is -0.849. The Balaban J connectivity index is 1.52. The second-order valence-electron chi connectivity index (χ2n) is 11.4. The fraction of sp³-hybridized carbons (Fsp3) is 0.720. The molecular weight excluding hydrogens is 436 g/mol. The highest BCUT2D eigenvalue weighted by molar-refractivity contribution is 5.96. The summed E-state index contributed by atoms with van der Waals surface area (Å²) in [6.45, 7) is 8.17. The number of nitrogens with one attached hydrogen (secondary N) is 2. The van der Waals surface area contributed by atoms with Crippen molar-refractivity contribution < 1.29 is 24.2 Å². The van der Waals surface area contributed by atoms with Gasteiger partial charge < -0.3 is 25.2 Å². The van der Waals surface area contributed by atoms with Crippen molar-refractivity contribution in [3.8, 4) is 5.88 Å². The van der Waals surface area contributed by atoms with Crippen LogP contribution in [0.1, 0.15) is 70.2 Å². The van der Waals surface area contributed by atoms with E-state index in [1.54, 1.807) is 12.3 Å². The molecule has 4 aliphatic rings. The van der Waals surface area contributed by atoms with Gasteiger partial charge in [0.05, 0.1) is 31.1 Å². The van der Waals surface area contributed by atoms with Crippen LogP contribution in [0.4, 0.5) is 4.79 Å². The lowest BCUT2D eigenvalue weighted by molar-refractivity contribution is -0.136. The highest BCUT2D eigenvalue weighted by Gasteiger charge is 2.55. The second kappa shape index (κ2) is 9.24. The minimum absolute atomic E-state index is 0.0735. The lowest BCUT2D eigenvalue weighted by Gasteiger charge is -2.58. The molecule has 188 valence electrons. The van der Waals surface area contributed by atoms with Crippen molar-refractivity contribution in [1.29, 1.82) is 0 Å². The number of aliphatic hydroxyl groups is 1. The van der Waals surface area contributed by atoms with Crippen LogP contribution in [-0.4, -0.2) is 57.8 Å². The van der Waals surface area contributed by atoms with E-state index in [1.165, 1.54) is 18.0 Å². The molecule has 0 saturated heterocycles. The van der Waals surface area contributed by atoms with Crippen molar-refractivity contribution in [2.45, 2.75) is 77.0 Å². The summed E-state index contributed by atoms with van der Waals surface area (Å²) in [5.74, 6) is 1.66. The smallest absolute Gasteiger partial charge is 0.407 e. The van der Waals surface area contributed by atoms with Gasteiger partial charge in [-0.25, -0.2) is 9.48 Å². The maximum atomic E-state index is 13.4. The molecule has 3 N–H and O–H groups in total. The minimum Gasteiger partial charge on any atom is -0.477 e. The van der Waals surface area contributed by atoms with Gasteiger partial charge in [0.1, 0.15) is 5.56 Å². The number of aromatic nitrogens is 2. The third kappa shape index (κ3) is 5.24. The van der Waals surface area contributed by atoms with E-state index in [0.717, 1.165) is 32.1 Å². The first-order chi connectivity index (χ1) is 16.0. The van der Waals surface area contributed by atoms with Gasteiger partial charge in [-0.3, -0.25) is 4.79 Å². The van der Waals surface area contributed by atoms with Crippen molar-refractivity contribution in [2.75, 3.05) is 13.7 Å². The van der Waals surface area contributed by atoms with Gasteiger partial charge in [0.25, 0.3) is 5.91 Å². The predicted molar refractivity (Wildman–Crippen MR) is 127 cm³/mol. The quantitative estimate of drug-likeness (QED) is 0.533. The van der Waals surface area contributed by atoms with Crippen LogP contribution in [-0.2, 0) is 4.74 Å². The normalized spacial score (nSPS) is 30.1. The number of ether oxygens (including phenoxy) is 2. The predicted octanol–water partition coefficient (Wildman–Crippen LogP) is 3.19. The van der Waals surface area contributed by atoms with Gasteiger partial charge in [-0.1, -0.05) is 13.8 Å². The van der Waals surface area contributed by atoms with Crippen LogP contribution in [0.3, 0.4) is 0 Å². The van der Waals surface area contributed by atoms with Crippen molar-refractivity contribution in [3.05, 3.63) is 17.8 Å². The molecule has 1 aromatic rings. The molecule has 4 bridgehead atoms. The zero-order chi connectivity index (χ0) is 24.7. The van der Waals surface area contributed by atoms with Crippen LogP contribution in [0.15, 0.2) is 12.3 Å². The summed E-state index contributed by atoms with van der Waals surface area (Å²) in [7, 11) is 1.31. The third-order valence-corrected chi connectivity index (χ3v) is 7.33. The molecule has 1 aromatic heterocycles.